The average Bonchev–Trinajstić information content (AvgIpc) is 3.16. The molecule has 0 unspecified atom stereocenters. The SMILES string of the molecule is Cc1cc(CN(C[C@@H]2COc3ccccc3O2)C(=O)c2c(C)nn(C)c2C)n(C)n1. The molecule has 1 aromatic carbocycles. The van der Waals surface area contributed by atoms with Crippen molar-refractivity contribution in [2.24, 2.45) is 14.1 Å². The van der Waals surface area contributed by atoms with Gasteiger partial charge in [-0.2, -0.15) is 10.2 Å². The van der Waals surface area contributed by atoms with Gasteiger partial charge in [-0.3, -0.25) is 14.2 Å². The van der Waals surface area contributed by atoms with Crippen LogP contribution in [0.25, 0.3) is 0 Å². The smallest absolute Gasteiger partial charge is 0.258 e. The van der Waals surface area contributed by atoms with Gasteiger partial charge in [0, 0.05) is 19.8 Å². The number of rotatable bonds is 5. The van der Waals surface area contributed by atoms with Crippen molar-refractivity contribution >= 4 is 5.91 Å². The molecule has 0 bridgehead atoms. The van der Waals surface area contributed by atoms with Crippen LogP contribution < -0.4 is 9.47 Å². The molecule has 1 atom stereocenters. The van der Waals surface area contributed by atoms with E-state index >= 15 is 0 Å². The molecule has 3 heterocycles. The van der Waals surface area contributed by atoms with Gasteiger partial charge >= 0.3 is 0 Å². The van der Waals surface area contributed by atoms with Gasteiger partial charge in [-0.1, -0.05) is 12.1 Å². The minimum atomic E-state index is -0.268. The molecule has 158 valence electrons. The van der Waals surface area contributed by atoms with Crippen LogP contribution in [0, 0.1) is 20.8 Å². The number of fused-ring (bicyclic) bond motifs is 1. The average molecular weight is 409 g/mol. The Morgan fingerprint density at radius 2 is 1.87 bits per heavy atom. The minimum absolute atomic E-state index is 0.0700. The van der Waals surface area contributed by atoms with Crippen molar-refractivity contribution in [2.45, 2.75) is 33.4 Å². The van der Waals surface area contributed by atoms with E-state index in [1.54, 1.807) is 9.58 Å². The van der Waals surface area contributed by atoms with Crippen molar-refractivity contribution in [3.63, 3.8) is 0 Å². The fourth-order valence-electron chi connectivity index (χ4n) is 3.87. The lowest BCUT2D eigenvalue weighted by molar-refractivity contribution is 0.0438. The van der Waals surface area contributed by atoms with E-state index in [1.165, 1.54) is 0 Å². The highest BCUT2D eigenvalue weighted by Gasteiger charge is 2.29. The van der Waals surface area contributed by atoms with Crippen molar-refractivity contribution in [2.75, 3.05) is 13.2 Å². The Balaban J connectivity index is 1.62. The third-order valence-corrected chi connectivity index (χ3v) is 5.45. The molecular weight excluding hydrogens is 382 g/mol. The summed E-state index contributed by atoms with van der Waals surface area (Å²) in [6.45, 7) is 6.92. The Labute approximate surface area is 176 Å². The lowest BCUT2D eigenvalue weighted by atomic mass is 10.1. The maximum Gasteiger partial charge on any atom is 0.258 e. The molecule has 0 spiro atoms. The molecule has 30 heavy (non-hydrogen) atoms. The van der Waals surface area contributed by atoms with Crippen LogP contribution in [0.4, 0.5) is 0 Å². The van der Waals surface area contributed by atoms with E-state index in [2.05, 4.69) is 10.2 Å². The molecule has 0 N–H and O–H groups in total. The predicted molar refractivity (Wildman–Crippen MR) is 112 cm³/mol. The Bertz CT molecular complexity index is 1080. The zero-order valence-electron chi connectivity index (χ0n) is 18.0. The summed E-state index contributed by atoms with van der Waals surface area (Å²) in [6.07, 6.45) is -0.268. The van der Waals surface area contributed by atoms with Crippen LogP contribution in [0.5, 0.6) is 11.5 Å². The van der Waals surface area contributed by atoms with Gasteiger partial charge in [0.05, 0.1) is 35.7 Å². The van der Waals surface area contributed by atoms with E-state index in [1.807, 2.05) is 69.9 Å². The van der Waals surface area contributed by atoms with Gasteiger partial charge < -0.3 is 14.4 Å². The van der Waals surface area contributed by atoms with Gasteiger partial charge in [-0.25, -0.2) is 0 Å². The highest BCUT2D eigenvalue weighted by atomic mass is 16.6. The molecule has 1 aliphatic rings. The van der Waals surface area contributed by atoms with Crippen molar-refractivity contribution in [3.05, 3.63) is 58.7 Å². The van der Waals surface area contributed by atoms with E-state index in [0.29, 0.717) is 31.0 Å². The molecule has 8 heteroatoms. The number of amides is 1. The summed E-state index contributed by atoms with van der Waals surface area (Å²) >= 11 is 0. The normalized spacial score (nSPS) is 15.3. The Morgan fingerprint density at radius 3 is 2.50 bits per heavy atom. The van der Waals surface area contributed by atoms with Crippen molar-refractivity contribution in [1.82, 2.24) is 24.5 Å². The van der Waals surface area contributed by atoms with Crippen molar-refractivity contribution in [3.8, 4) is 11.5 Å². The molecule has 8 nitrogen and oxygen atoms in total. The van der Waals surface area contributed by atoms with E-state index in [9.17, 15) is 4.79 Å². The molecule has 0 saturated heterocycles. The number of hydrogen-bond acceptors (Lipinski definition) is 5. The predicted octanol–water partition coefficient (Wildman–Crippen LogP) is 2.56. The first-order valence-electron chi connectivity index (χ1n) is 10.0. The van der Waals surface area contributed by atoms with E-state index < -0.39 is 0 Å². The Kier molecular flexibility index (Phi) is 5.24. The van der Waals surface area contributed by atoms with Gasteiger partial charge in [0.1, 0.15) is 6.61 Å². The number of aromatic nitrogens is 4. The van der Waals surface area contributed by atoms with Crippen LogP contribution in [0.15, 0.2) is 30.3 Å². The topological polar surface area (TPSA) is 74.4 Å². The van der Waals surface area contributed by atoms with Gasteiger partial charge in [-0.15, -0.1) is 0 Å². The zero-order chi connectivity index (χ0) is 21.4. The molecule has 2 aromatic heterocycles. The quantitative estimate of drug-likeness (QED) is 0.648. The van der Waals surface area contributed by atoms with Crippen LogP contribution in [-0.4, -0.2) is 49.6 Å². The van der Waals surface area contributed by atoms with Crippen molar-refractivity contribution in [1.29, 1.82) is 0 Å². The summed E-state index contributed by atoms with van der Waals surface area (Å²) in [4.78, 5) is 15.4. The van der Waals surface area contributed by atoms with Gasteiger partial charge in [-0.05, 0) is 39.0 Å². The van der Waals surface area contributed by atoms with Crippen molar-refractivity contribution < 1.29 is 14.3 Å². The van der Waals surface area contributed by atoms with Crippen LogP contribution in [0.1, 0.15) is 33.1 Å². The number of carbonyl (C=O) groups excluding carboxylic acids is 1. The summed E-state index contributed by atoms with van der Waals surface area (Å²) in [5.74, 6) is 1.36. The monoisotopic (exact) mass is 409 g/mol. The second-order valence-corrected chi connectivity index (χ2v) is 7.75. The standard InChI is InChI=1S/C22H27N5O3/c1-14-10-17(26(5)23-14)11-27(22(28)21-15(2)24-25(4)16(21)3)12-18-13-29-19-8-6-7-9-20(19)30-18/h6-10,18H,11-13H2,1-5H3/t18-/m1/s1. The van der Waals surface area contributed by atoms with E-state index in [4.69, 9.17) is 9.47 Å². The van der Waals surface area contributed by atoms with Crippen LogP contribution >= 0.6 is 0 Å². The third-order valence-electron chi connectivity index (χ3n) is 5.45. The maximum atomic E-state index is 13.6. The molecular formula is C22H27N5O3. The lowest BCUT2D eigenvalue weighted by Crippen LogP contribution is -2.43. The second kappa shape index (κ2) is 7.85. The number of ether oxygens (including phenoxy) is 2. The van der Waals surface area contributed by atoms with Crippen LogP contribution in [-0.2, 0) is 20.6 Å². The first-order valence-corrected chi connectivity index (χ1v) is 10.0. The highest BCUT2D eigenvalue weighted by Crippen LogP contribution is 2.31. The maximum absolute atomic E-state index is 13.6. The molecule has 0 fully saturated rings. The molecule has 0 radical (unpaired) electrons. The first-order chi connectivity index (χ1) is 14.3. The Hall–Kier alpha value is -3.29. The number of benzene rings is 1. The fraction of sp³-hybridized carbons (Fsp3) is 0.409. The third kappa shape index (κ3) is 3.77. The summed E-state index contributed by atoms with van der Waals surface area (Å²) < 4.78 is 15.5. The first kappa shape index (κ1) is 20.0. The lowest BCUT2D eigenvalue weighted by Gasteiger charge is -2.31. The molecule has 0 saturated carbocycles. The van der Waals surface area contributed by atoms with Gasteiger partial charge in [0.25, 0.3) is 5.91 Å². The van der Waals surface area contributed by atoms with Gasteiger partial charge in [0.15, 0.2) is 17.6 Å². The number of hydrogen-bond donors (Lipinski definition) is 0. The summed E-state index contributed by atoms with van der Waals surface area (Å²) in [7, 11) is 3.74. The molecule has 3 aromatic rings. The molecule has 1 amide bonds. The number of para-hydroxylation sites is 2. The van der Waals surface area contributed by atoms with E-state index in [0.717, 1.165) is 28.5 Å². The second-order valence-electron chi connectivity index (χ2n) is 7.75. The van der Waals surface area contributed by atoms with E-state index in [-0.39, 0.29) is 12.0 Å². The summed E-state index contributed by atoms with van der Waals surface area (Å²) in [5, 5.41) is 8.83. The minimum Gasteiger partial charge on any atom is -0.486 e. The van der Waals surface area contributed by atoms with Crippen LogP contribution in [0.3, 0.4) is 0 Å². The molecule has 0 aliphatic carbocycles. The fourth-order valence-corrected chi connectivity index (χ4v) is 3.87. The Morgan fingerprint density at radius 1 is 1.13 bits per heavy atom. The zero-order valence-corrected chi connectivity index (χ0v) is 18.0. The largest absolute Gasteiger partial charge is 0.486 e. The van der Waals surface area contributed by atoms with Gasteiger partial charge in [0.2, 0.25) is 0 Å². The van der Waals surface area contributed by atoms with Crippen LogP contribution in [0.2, 0.25) is 0 Å². The number of aryl methyl sites for hydroxylation is 4. The summed E-state index contributed by atoms with van der Waals surface area (Å²) in [6, 6.07) is 9.59. The number of carbonyl (C=O) groups is 1. The summed E-state index contributed by atoms with van der Waals surface area (Å²) in [5.41, 5.74) is 4.07. The highest BCUT2D eigenvalue weighted by molar-refractivity contribution is 5.96. The molecule has 1 aliphatic heterocycles. The number of nitrogens with zero attached hydrogens (tertiary/aromatic N) is 5. The molecule has 4 rings (SSSR count).